The molecule has 2 rings (SSSR count). The summed E-state index contributed by atoms with van der Waals surface area (Å²) < 4.78 is 39.5. The Kier molecular flexibility index (Phi) is 5.58. The van der Waals surface area contributed by atoms with Crippen molar-refractivity contribution in [2.75, 3.05) is 11.9 Å². The van der Waals surface area contributed by atoms with Crippen molar-refractivity contribution in [1.82, 2.24) is 0 Å². The van der Waals surface area contributed by atoms with Gasteiger partial charge in [-0.15, -0.1) is 0 Å². The predicted molar refractivity (Wildman–Crippen MR) is 83.4 cm³/mol. The van der Waals surface area contributed by atoms with Crippen LogP contribution >= 0.6 is 15.9 Å². The summed E-state index contributed by atoms with van der Waals surface area (Å²) in [5.41, 5.74) is -0.414. The van der Waals surface area contributed by atoms with E-state index in [9.17, 15) is 13.2 Å². The van der Waals surface area contributed by atoms with Crippen LogP contribution in [0.1, 0.15) is 44.6 Å². The van der Waals surface area contributed by atoms with Gasteiger partial charge in [-0.05, 0) is 42.9 Å². The monoisotopic (exact) mass is 363 g/mol. The molecule has 0 atom stereocenters. The summed E-state index contributed by atoms with van der Waals surface area (Å²) in [6.07, 6.45) is 1.52. The van der Waals surface area contributed by atoms with Gasteiger partial charge in [0, 0.05) is 16.7 Å². The third-order valence-electron chi connectivity index (χ3n) is 4.41. The first-order valence-corrected chi connectivity index (χ1v) is 8.30. The highest BCUT2D eigenvalue weighted by molar-refractivity contribution is 9.10. The second-order valence-electron chi connectivity index (χ2n) is 5.86. The Balaban J connectivity index is 1.97. The summed E-state index contributed by atoms with van der Waals surface area (Å²) in [7, 11) is 0. The van der Waals surface area contributed by atoms with Gasteiger partial charge in [0.25, 0.3) is 0 Å². The number of hydrogen-bond acceptors (Lipinski definition) is 1. The fourth-order valence-corrected chi connectivity index (χ4v) is 3.36. The van der Waals surface area contributed by atoms with Crippen molar-refractivity contribution in [3.05, 3.63) is 28.2 Å². The second kappa shape index (κ2) is 7.03. The number of rotatable bonds is 4. The summed E-state index contributed by atoms with van der Waals surface area (Å²) in [6, 6.07) is 4.28. The van der Waals surface area contributed by atoms with Gasteiger partial charge >= 0.3 is 6.18 Å². The second-order valence-corrected chi connectivity index (χ2v) is 6.78. The number of alkyl halides is 3. The molecule has 0 aromatic heterocycles. The molecule has 118 valence electrons. The van der Waals surface area contributed by atoms with Crippen molar-refractivity contribution in [3.63, 3.8) is 0 Å². The summed E-state index contributed by atoms with van der Waals surface area (Å²) in [4.78, 5) is 0. The number of nitrogens with one attached hydrogen (secondary N) is 1. The zero-order valence-electron chi connectivity index (χ0n) is 12.1. The first-order chi connectivity index (χ1) is 9.90. The standard InChI is InChI=1S/C16H21BrF3N/c1-2-11-3-5-12(6-4-11)10-21-15-8-7-13(17)9-14(15)16(18,19)20/h7-9,11-12,21H,2-6,10H2,1H3. The Labute approximate surface area is 132 Å². The molecule has 0 bridgehead atoms. The van der Waals surface area contributed by atoms with Crippen LogP contribution in [0.3, 0.4) is 0 Å². The van der Waals surface area contributed by atoms with Gasteiger partial charge in [0.15, 0.2) is 0 Å². The zero-order chi connectivity index (χ0) is 15.5. The van der Waals surface area contributed by atoms with E-state index < -0.39 is 11.7 Å². The normalized spacial score (nSPS) is 23.1. The van der Waals surface area contributed by atoms with Crippen molar-refractivity contribution in [2.24, 2.45) is 11.8 Å². The van der Waals surface area contributed by atoms with Gasteiger partial charge in [0.2, 0.25) is 0 Å². The van der Waals surface area contributed by atoms with Crippen molar-refractivity contribution < 1.29 is 13.2 Å². The van der Waals surface area contributed by atoms with Crippen molar-refractivity contribution in [1.29, 1.82) is 0 Å². The van der Waals surface area contributed by atoms with Gasteiger partial charge in [-0.25, -0.2) is 0 Å². The molecule has 1 aromatic rings. The van der Waals surface area contributed by atoms with Crippen LogP contribution in [0.2, 0.25) is 0 Å². The van der Waals surface area contributed by atoms with E-state index in [1.54, 1.807) is 6.07 Å². The quantitative estimate of drug-likeness (QED) is 0.681. The molecule has 0 radical (unpaired) electrons. The molecule has 1 nitrogen and oxygen atoms in total. The van der Waals surface area contributed by atoms with Crippen molar-refractivity contribution in [2.45, 2.75) is 45.2 Å². The molecule has 0 unspecified atom stereocenters. The van der Waals surface area contributed by atoms with Crippen LogP contribution in [0.4, 0.5) is 18.9 Å². The maximum absolute atomic E-state index is 13.0. The third kappa shape index (κ3) is 4.63. The molecule has 1 saturated carbocycles. The molecule has 5 heteroatoms. The molecule has 0 saturated heterocycles. The van der Waals surface area contributed by atoms with Crippen LogP contribution in [0.25, 0.3) is 0 Å². The van der Waals surface area contributed by atoms with Crippen LogP contribution in [0.5, 0.6) is 0 Å². The molecule has 0 amide bonds. The van der Waals surface area contributed by atoms with Crippen molar-refractivity contribution in [3.8, 4) is 0 Å². The lowest BCUT2D eigenvalue weighted by atomic mass is 9.81. The molecule has 21 heavy (non-hydrogen) atoms. The number of benzene rings is 1. The fourth-order valence-electron chi connectivity index (χ4n) is 3.00. The molecule has 1 fully saturated rings. The molecule has 1 aliphatic rings. The van der Waals surface area contributed by atoms with Crippen molar-refractivity contribution >= 4 is 21.6 Å². The van der Waals surface area contributed by atoms with Gasteiger partial charge in [-0.3, -0.25) is 0 Å². The van der Waals surface area contributed by atoms with E-state index in [0.29, 0.717) is 16.9 Å². The minimum atomic E-state index is -4.33. The largest absolute Gasteiger partial charge is 0.418 e. The average molecular weight is 364 g/mol. The van der Waals surface area contributed by atoms with Crippen LogP contribution in [-0.2, 0) is 6.18 Å². The van der Waals surface area contributed by atoms with Gasteiger partial charge in [-0.2, -0.15) is 13.2 Å². The number of anilines is 1. The zero-order valence-corrected chi connectivity index (χ0v) is 13.7. The summed E-state index contributed by atoms with van der Waals surface area (Å²) in [6.45, 7) is 2.84. The lowest BCUT2D eigenvalue weighted by Crippen LogP contribution is -2.22. The molecular weight excluding hydrogens is 343 g/mol. The van der Waals surface area contributed by atoms with Crippen LogP contribution in [0, 0.1) is 11.8 Å². The Bertz CT molecular complexity index is 465. The number of halogens is 4. The minimum absolute atomic E-state index is 0.184. The molecule has 1 aromatic carbocycles. The minimum Gasteiger partial charge on any atom is -0.384 e. The Morgan fingerprint density at radius 1 is 1.14 bits per heavy atom. The Hall–Kier alpha value is -0.710. The smallest absolute Gasteiger partial charge is 0.384 e. The van der Waals surface area contributed by atoms with E-state index in [-0.39, 0.29) is 5.69 Å². The van der Waals surface area contributed by atoms with E-state index in [4.69, 9.17) is 0 Å². The molecule has 1 N–H and O–H groups in total. The summed E-state index contributed by atoms with van der Waals surface area (Å²) >= 11 is 3.10. The lowest BCUT2D eigenvalue weighted by Gasteiger charge is -2.28. The van der Waals surface area contributed by atoms with E-state index in [2.05, 4.69) is 28.2 Å². The first-order valence-electron chi connectivity index (χ1n) is 7.50. The van der Waals surface area contributed by atoms with Gasteiger partial charge in [0.1, 0.15) is 0 Å². The summed E-state index contributed by atoms with van der Waals surface area (Å²) in [5.74, 6) is 1.29. The first kappa shape index (κ1) is 16.7. The van der Waals surface area contributed by atoms with Gasteiger partial charge in [0.05, 0.1) is 5.56 Å². The third-order valence-corrected chi connectivity index (χ3v) is 4.91. The van der Waals surface area contributed by atoms with Crippen LogP contribution in [-0.4, -0.2) is 6.54 Å². The molecule has 0 aliphatic heterocycles. The van der Waals surface area contributed by atoms with Crippen LogP contribution < -0.4 is 5.32 Å². The number of hydrogen-bond donors (Lipinski definition) is 1. The van der Waals surface area contributed by atoms with E-state index in [1.807, 2.05) is 0 Å². The van der Waals surface area contributed by atoms with Crippen LogP contribution in [0.15, 0.2) is 22.7 Å². The highest BCUT2D eigenvalue weighted by Gasteiger charge is 2.34. The summed E-state index contributed by atoms with van der Waals surface area (Å²) in [5, 5.41) is 3.01. The Morgan fingerprint density at radius 2 is 1.76 bits per heavy atom. The Morgan fingerprint density at radius 3 is 2.33 bits per heavy atom. The fraction of sp³-hybridized carbons (Fsp3) is 0.625. The maximum Gasteiger partial charge on any atom is 0.418 e. The molecule has 1 aliphatic carbocycles. The highest BCUT2D eigenvalue weighted by Crippen LogP contribution is 2.37. The lowest BCUT2D eigenvalue weighted by molar-refractivity contribution is -0.137. The SMILES string of the molecule is CCC1CCC(CNc2ccc(Br)cc2C(F)(F)F)CC1. The van der Waals surface area contributed by atoms with E-state index in [0.717, 1.165) is 24.8 Å². The molecule has 0 spiro atoms. The molecular formula is C16H21BrF3N. The topological polar surface area (TPSA) is 12.0 Å². The predicted octanol–water partition coefficient (Wildman–Crippen LogP) is 6.10. The van der Waals surface area contributed by atoms with E-state index in [1.165, 1.54) is 25.3 Å². The maximum atomic E-state index is 13.0. The molecule has 0 heterocycles. The van der Waals surface area contributed by atoms with Gasteiger partial charge < -0.3 is 5.32 Å². The van der Waals surface area contributed by atoms with Gasteiger partial charge in [-0.1, -0.05) is 42.1 Å². The van der Waals surface area contributed by atoms with E-state index >= 15 is 0 Å². The highest BCUT2D eigenvalue weighted by atomic mass is 79.9. The average Bonchev–Trinajstić information content (AvgIpc) is 2.45.